The molecule has 3 rings (SSSR count). The maximum Gasteiger partial charge on any atom is 0.586 e. The van der Waals surface area contributed by atoms with E-state index in [1.54, 1.807) is 12.1 Å². The summed E-state index contributed by atoms with van der Waals surface area (Å²) in [7, 11) is 0. The molecule has 0 saturated carbocycles. The Morgan fingerprint density at radius 3 is 2.57 bits per heavy atom. The quantitative estimate of drug-likeness (QED) is 0.883. The number of nitrogens with zero attached hydrogens (tertiary/aromatic N) is 1. The Balaban J connectivity index is 1.98. The molecule has 0 saturated heterocycles. The molecule has 0 bridgehead atoms. The van der Waals surface area contributed by atoms with Gasteiger partial charge < -0.3 is 14.8 Å². The molecule has 8 heteroatoms. The van der Waals surface area contributed by atoms with Crippen LogP contribution in [-0.2, 0) is 4.79 Å². The molecule has 5 nitrogen and oxygen atoms in total. The SMILES string of the molecule is O=CNc1ccc(-c2cc3c(cc2Cl)OC(F)(F)O3)cn1. The van der Waals surface area contributed by atoms with Crippen LogP contribution in [0.4, 0.5) is 14.6 Å². The predicted octanol–water partition coefficient (Wildman–Crippen LogP) is 3.29. The first-order chi connectivity index (χ1) is 9.98. The van der Waals surface area contributed by atoms with Crippen LogP contribution in [0.1, 0.15) is 0 Å². The summed E-state index contributed by atoms with van der Waals surface area (Å²) in [4.78, 5) is 14.3. The molecule has 2 aromatic rings. The third-order valence-electron chi connectivity index (χ3n) is 2.77. The number of alkyl halides is 2. The summed E-state index contributed by atoms with van der Waals surface area (Å²) in [5, 5.41) is 2.60. The van der Waals surface area contributed by atoms with Crippen LogP contribution >= 0.6 is 11.6 Å². The van der Waals surface area contributed by atoms with Crippen molar-refractivity contribution in [3.05, 3.63) is 35.5 Å². The number of halogens is 3. The molecule has 0 spiro atoms. The molecule has 1 aromatic carbocycles. The van der Waals surface area contributed by atoms with Crippen molar-refractivity contribution < 1.29 is 23.0 Å². The van der Waals surface area contributed by atoms with E-state index < -0.39 is 6.29 Å². The monoisotopic (exact) mass is 312 g/mol. The van der Waals surface area contributed by atoms with Gasteiger partial charge in [0.15, 0.2) is 11.5 Å². The van der Waals surface area contributed by atoms with E-state index in [0.717, 1.165) is 0 Å². The third kappa shape index (κ3) is 2.59. The van der Waals surface area contributed by atoms with Crippen LogP contribution in [0, 0.1) is 0 Å². The topological polar surface area (TPSA) is 60.5 Å². The van der Waals surface area contributed by atoms with Crippen molar-refractivity contribution in [2.75, 3.05) is 5.32 Å². The highest BCUT2D eigenvalue weighted by atomic mass is 35.5. The van der Waals surface area contributed by atoms with Gasteiger partial charge in [-0.3, -0.25) is 4.79 Å². The normalized spacial score (nSPS) is 14.8. The van der Waals surface area contributed by atoms with Crippen LogP contribution in [0.5, 0.6) is 11.5 Å². The summed E-state index contributed by atoms with van der Waals surface area (Å²) >= 11 is 6.06. The molecule has 2 heterocycles. The van der Waals surface area contributed by atoms with E-state index in [1.165, 1.54) is 18.3 Å². The van der Waals surface area contributed by atoms with E-state index in [2.05, 4.69) is 19.8 Å². The lowest BCUT2D eigenvalue weighted by atomic mass is 10.1. The third-order valence-corrected chi connectivity index (χ3v) is 3.08. The zero-order valence-electron chi connectivity index (χ0n) is 10.3. The molecule has 0 fully saturated rings. The van der Waals surface area contributed by atoms with Gasteiger partial charge in [-0.05, 0) is 18.2 Å². The summed E-state index contributed by atoms with van der Waals surface area (Å²) in [5.41, 5.74) is 1.04. The second-order valence-corrected chi connectivity index (χ2v) is 4.55. The summed E-state index contributed by atoms with van der Waals surface area (Å²) in [6, 6.07) is 5.80. The lowest BCUT2D eigenvalue weighted by Crippen LogP contribution is -2.25. The summed E-state index contributed by atoms with van der Waals surface area (Å²) in [6.45, 7) is 0. The highest BCUT2D eigenvalue weighted by Gasteiger charge is 2.43. The van der Waals surface area contributed by atoms with Gasteiger partial charge in [0.25, 0.3) is 0 Å². The fourth-order valence-electron chi connectivity index (χ4n) is 1.89. The van der Waals surface area contributed by atoms with Crippen LogP contribution in [0.3, 0.4) is 0 Å². The van der Waals surface area contributed by atoms with Gasteiger partial charge in [0, 0.05) is 23.4 Å². The Morgan fingerprint density at radius 1 is 1.24 bits per heavy atom. The molecular weight excluding hydrogens is 306 g/mol. The zero-order chi connectivity index (χ0) is 15.0. The number of anilines is 1. The van der Waals surface area contributed by atoms with Crippen LogP contribution in [-0.4, -0.2) is 17.7 Å². The van der Waals surface area contributed by atoms with Crippen LogP contribution in [0.15, 0.2) is 30.5 Å². The van der Waals surface area contributed by atoms with Crippen molar-refractivity contribution in [3.63, 3.8) is 0 Å². The lowest BCUT2D eigenvalue weighted by Gasteiger charge is -2.06. The first-order valence-corrected chi connectivity index (χ1v) is 6.12. The molecule has 0 aliphatic carbocycles. The number of hydrogen-bond donors (Lipinski definition) is 1. The summed E-state index contributed by atoms with van der Waals surface area (Å²) in [5.74, 6) is 0.132. The van der Waals surface area contributed by atoms with E-state index in [-0.39, 0.29) is 16.5 Å². The van der Waals surface area contributed by atoms with Gasteiger partial charge in [-0.1, -0.05) is 11.6 Å². The second-order valence-electron chi connectivity index (χ2n) is 4.14. The van der Waals surface area contributed by atoms with Gasteiger partial charge in [0.1, 0.15) is 5.82 Å². The van der Waals surface area contributed by atoms with Crippen molar-refractivity contribution in [1.29, 1.82) is 0 Å². The molecule has 1 aliphatic rings. The number of benzene rings is 1. The molecular formula is C13H7ClF2N2O3. The molecule has 1 amide bonds. The number of nitrogens with one attached hydrogen (secondary N) is 1. The van der Waals surface area contributed by atoms with E-state index in [0.29, 0.717) is 23.4 Å². The Bertz CT molecular complexity index is 707. The number of carbonyl (C=O) groups is 1. The Hall–Kier alpha value is -2.41. The zero-order valence-corrected chi connectivity index (χ0v) is 11.0. The maximum absolute atomic E-state index is 13.0. The van der Waals surface area contributed by atoms with E-state index in [9.17, 15) is 13.6 Å². The maximum atomic E-state index is 13.0. The standard InChI is InChI=1S/C13H7ClF2N2O3/c14-9-4-11-10(20-13(15,16)21-11)3-8(9)7-1-2-12(17-5-7)18-6-19/h1-6H,(H,17,18,19). The first-order valence-electron chi connectivity index (χ1n) is 5.74. The predicted molar refractivity (Wildman–Crippen MR) is 70.6 cm³/mol. The van der Waals surface area contributed by atoms with Crippen LogP contribution in [0.2, 0.25) is 5.02 Å². The highest BCUT2D eigenvalue weighted by Crippen LogP contribution is 2.45. The minimum absolute atomic E-state index is 0.102. The summed E-state index contributed by atoms with van der Waals surface area (Å²) < 4.78 is 34.7. The number of hydrogen-bond acceptors (Lipinski definition) is 4. The molecule has 108 valence electrons. The molecule has 0 unspecified atom stereocenters. The van der Waals surface area contributed by atoms with Gasteiger partial charge in [0.05, 0.1) is 5.02 Å². The Morgan fingerprint density at radius 2 is 1.95 bits per heavy atom. The lowest BCUT2D eigenvalue weighted by molar-refractivity contribution is -0.286. The average molecular weight is 313 g/mol. The number of aromatic nitrogens is 1. The first kappa shape index (κ1) is 13.6. The number of fused-ring (bicyclic) bond motifs is 1. The van der Waals surface area contributed by atoms with Gasteiger partial charge in [-0.25, -0.2) is 4.98 Å². The minimum Gasteiger partial charge on any atom is -0.395 e. The number of pyridine rings is 1. The molecule has 21 heavy (non-hydrogen) atoms. The van der Waals surface area contributed by atoms with E-state index in [4.69, 9.17) is 11.6 Å². The van der Waals surface area contributed by atoms with Crippen LogP contribution < -0.4 is 14.8 Å². The van der Waals surface area contributed by atoms with Crippen molar-refractivity contribution >= 4 is 23.8 Å². The smallest absolute Gasteiger partial charge is 0.395 e. The van der Waals surface area contributed by atoms with Gasteiger partial charge in [-0.2, -0.15) is 0 Å². The average Bonchev–Trinajstić information content (AvgIpc) is 2.72. The van der Waals surface area contributed by atoms with Crippen LogP contribution in [0.25, 0.3) is 11.1 Å². The van der Waals surface area contributed by atoms with E-state index >= 15 is 0 Å². The Kier molecular flexibility index (Phi) is 3.13. The number of carbonyl (C=O) groups excluding carboxylic acids is 1. The summed E-state index contributed by atoms with van der Waals surface area (Å²) in [6.07, 6.45) is -1.74. The minimum atomic E-state index is -3.69. The van der Waals surface area contributed by atoms with Gasteiger partial charge in [0.2, 0.25) is 6.41 Å². The van der Waals surface area contributed by atoms with Crippen molar-refractivity contribution in [3.8, 4) is 22.6 Å². The van der Waals surface area contributed by atoms with E-state index in [1.807, 2.05) is 0 Å². The molecule has 0 radical (unpaired) electrons. The number of ether oxygens (including phenoxy) is 2. The van der Waals surface area contributed by atoms with Crippen molar-refractivity contribution in [2.45, 2.75) is 6.29 Å². The highest BCUT2D eigenvalue weighted by molar-refractivity contribution is 6.33. The van der Waals surface area contributed by atoms with Gasteiger partial charge >= 0.3 is 6.29 Å². The van der Waals surface area contributed by atoms with Crippen molar-refractivity contribution in [2.24, 2.45) is 0 Å². The number of amides is 1. The number of rotatable bonds is 3. The fourth-order valence-corrected chi connectivity index (χ4v) is 2.15. The Labute approximate surface area is 122 Å². The van der Waals surface area contributed by atoms with Crippen molar-refractivity contribution in [1.82, 2.24) is 4.98 Å². The fraction of sp³-hybridized carbons (Fsp3) is 0.0769. The molecule has 1 aromatic heterocycles. The van der Waals surface area contributed by atoms with Gasteiger partial charge in [-0.15, -0.1) is 8.78 Å². The molecule has 1 N–H and O–H groups in total. The molecule has 0 atom stereocenters. The largest absolute Gasteiger partial charge is 0.586 e. The second kappa shape index (κ2) is 4.85. The molecule has 1 aliphatic heterocycles.